The topological polar surface area (TPSA) is 81.6 Å². The molecule has 0 spiro atoms. The van der Waals surface area contributed by atoms with Crippen molar-refractivity contribution in [3.63, 3.8) is 0 Å². The molecule has 1 amide bonds. The summed E-state index contributed by atoms with van der Waals surface area (Å²) in [4.78, 5) is 19.0. The second-order valence-corrected chi connectivity index (χ2v) is 7.17. The molecule has 0 unspecified atom stereocenters. The van der Waals surface area contributed by atoms with Crippen molar-refractivity contribution < 1.29 is 18.5 Å². The van der Waals surface area contributed by atoms with Gasteiger partial charge in [-0.1, -0.05) is 5.16 Å². The number of nitrogens with zero attached hydrogens (tertiary/aromatic N) is 3. The molecule has 1 aliphatic carbocycles. The van der Waals surface area contributed by atoms with Crippen molar-refractivity contribution in [1.29, 1.82) is 0 Å². The van der Waals surface area contributed by atoms with Gasteiger partial charge in [0.25, 0.3) is 5.91 Å². The monoisotopic (exact) mass is 345 g/mol. The predicted molar refractivity (Wildman–Crippen MR) is 88.2 cm³/mol. The van der Waals surface area contributed by atoms with E-state index in [1.54, 1.807) is 24.2 Å². The van der Waals surface area contributed by atoms with Gasteiger partial charge in [-0.15, -0.1) is 0 Å². The van der Waals surface area contributed by atoms with E-state index in [0.717, 1.165) is 12.2 Å². The number of likely N-dealkylation sites (tertiary alicyclic amines) is 1. The fraction of sp³-hybridized carbons (Fsp3) is 0.611. The summed E-state index contributed by atoms with van der Waals surface area (Å²) in [5, 5.41) is 3.90. The summed E-state index contributed by atoms with van der Waals surface area (Å²) in [7, 11) is 0. The second-order valence-electron chi connectivity index (χ2n) is 7.17. The first kappa shape index (κ1) is 16.3. The zero-order valence-electron chi connectivity index (χ0n) is 14.6. The van der Waals surface area contributed by atoms with Gasteiger partial charge in [0.1, 0.15) is 0 Å². The number of aromatic nitrogens is 2. The first-order valence-electron chi connectivity index (χ1n) is 8.83. The molecular formula is C18H23N3O4. The predicted octanol–water partition coefficient (Wildman–Crippen LogP) is 2.56. The SMILES string of the molecule is Cc1noc([C@@H]2CN(C(=O)c3occc3C)C[C@H]2COCC2CC2)n1. The van der Waals surface area contributed by atoms with Gasteiger partial charge in [0.2, 0.25) is 5.89 Å². The normalized spacial score (nSPS) is 23.4. The number of carbonyl (C=O) groups excluding carboxylic acids is 1. The molecule has 3 heterocycles. The highest BCUT2D eigenvalue weighted by atomic mass is 16.5. The molecule has 0 bridgehead atoms. The van der Waals surface area contributed by atoms with Crippen LogP contribution in [0.25, 0.3) is 0 Å². The van der Waals surface area contributed by atoms with Crippen molar-refractivity contribution in [2.24, 2.45) is 11.8 Å². The fourth-order valence-corrected chi connectivity index (χ4v) is 3.36. The van der Waals surface area contributed by atoms with Crippen LogP contribution in [0.15, 0.2) is 21.3 Å². The number of ether oxygens (including phenoxy) is 1. The molecule has 2 aromatic rings. The molecule has 1 saturated heterocycles. The number of hydrogen-bond acceptors (Lipinski definition) is 6. The molecule has 134 valence electrons. The van der Waals surface area contributed by atoms with Crippen molar-refractivity contribution in [3.8, 4) is 0 Å². The number of amides is 1. The van der Waals surface area contributed by atoms with Crippen LogP contribution in [0.3, 0.4) is 0 Å². The van der Waals surface area contributed by atoms with Crippen molar-refractivity contribution in [1.82, 2.24) is 15.0 Å². The number of hydrogen-bond donors (Lipinski definition) is 0. The summed E-state index contributed by atoms with van der Waals surface area (Å²) in [5.41, 5.74) is 0.851. The summed E-state index contributed by atoms with van der Waals surface area (Å²) < 4.78 is 16.6. The van der Waals surface area contributed by atoms with E-state index in [-0.39, 0.29) is 17.7 Å². The maximum Gasteiger partial charge on any atom is 0.289 e. The van der Waals surface area contributed by atoms with Crippen LogP contribution in [-0.2, 0) is 4.74 Å². The molecule has 2 fully saturated rings. The Morgan fingerprint density at radius 2 is 2.16 bits per heavy atom. The Kier molecular flexibility index (Phi) is 4.33. The molecule has 2 aromatic heterocycles. The standard InChI is InChI=1S/C18H23N3O4/c1-11-5-6-24-16(11)18(22)21-7-14(10-23-9-13-3-4-13)15(8-21)17-19-12(2)20-25-17/h5-6,13-15H,3-4,7-10H2,1-2H3/t14-,15+/m0/s1. The maximum absolute atomic E-state index is 12.8. The number of furan rings is 1. The quantitative estimate of drug-likeness (QED) is 0.800. The minimum absolute atomic E-state index is 0.000351. The van der Waals surface area contributed by atoms with Crippen molar-refractivity contribution >= 4 is 5.91 Å². The van der Waals surface area contributed by atoms with Crippen LogP contribution in [0.5, 0.6) is 0 Å². The highest BCUT2D eigenvalue weighted by molar-refractivity contribution is 5.93. The Morgan fingerprint density at radius 3 is 2.80 bits per heavy atom. The lowest BCUT2D eigenvalue weighted by Gasteiger charge is -2.15. The molecular weight excluding hydrogens is 322 g/mol. The average Bonchev–Trinajstić information content (AvgIpc) is 2.96. The van der Waals surface area contributed by atoms with Crippen LogP contribution in [0.4, 0.5) is 0 Å². The molecule has 4 rings (SSSR count). The second kappa shape index (κ2) is 6.63. The lowest BCUT2D eigenvalue weighted by molar-refractivity contribution is 0.0710. The van der Waals surface area contributed by atoms with Crippen LogP contribution in [0, 0.1) is 25.7 Å². The van der Waals surface area contributed by atoms with Crippen LogP contribution in [0.2, 0.25) is 0 Å². The summed E-state index contributed by atoms with van der Waals surface area (Å²) in [5.74, 6) is 2.38. The van der Waals surface area contributed by atoms with E-state index in [1.807, 2.05) is 6.92 Å². The minimum Gasteiger partial charge on any atom is -0.459 e. The van der Waals surface area contributed by atoms with E-state index in [4.69, 9.17) is 13.7 Å². The van der Waals surface area contributed by atoms with Crippen LogP contribution in [-0.4, -0.2) is 47.3 Å². The minimum atomic E-state index is -0.0894. The first-order chi connectivity index (χ1) is 12.1. The van der Waals surface area contributed by atoms with E-state index < -0.39 is 0 Å². The molecule has 2 atom stereocenters. The zero-order valence-corrected chi connectivity index (χ0v) is 14.6. The van der Waals surface area contributed by atoms with Gasteiger partial charge in [0.15, 0.2) is 11.6 Å². The van der Waals surface area contributed by atoms with Crippen molar-refractivity contribution in [2.45, 2.75) is 32.6 Å². The largest absolute Gasteiger partial charge is 0.459 e. The van der Waals surface area contributed by atoms with Gasteiger partial charge >= 0.3 is 0 Å². The smallest absolute Gasteiger partial charge is 0.289 e. The first-order valence-corrected chi connectivity index (χ1v) is 8.83. The van der Waals surface area contributed by atoms with Crippen LogP contribution in [0.1, 0.15) is 46.6 Å². The van der Waals surface area contributed by atoms with Gasteiger partial charge in [-0.05, 0) is 38.7 Å². The van der Waals surface area contributed by atoms with Gasteiger partial charge in [-0.3, -0.25) is 4.79 Å². The van der Waals surface area contributed by atoms with E-state index in [2.05, 4.69) is 10.1 Å². The molecule has 1 saturated carbocycles. The van der Waals surface area contributed by atoms with Crippen molar-refractivity contribution in [3.05, 3.63) is 35.4 Å². The lowest BCUT2D eigenvalue weighted by Crippen LogP contribution is -2.29. The van der Waals surface area contributed by atoms with Gasteiger partial charge in [0, 0.05) is 31.2 Å². The Morgan fingerprint density at radius 1 is 1.32 bits per heavy atom. The molecule has 0 N–H and O–H groups in total. The third-order valence-electron chi connectivity index (χ3n) is 5.03. The molecule has 2 aliphatic rings. The van der Waals surface area contributed by atoms with Crippen LogP contribution >= 0.6 is 0 Å². The van der Waals surface area contributed by atoms with Gasteiger partial charge in [-0.2, -0.15) is 4.98 Å². The maximum atomic E-state index is 12.8. The van der Waals surface area contributed by atoms with Gasteiger partial charge in [0.05, 0.1) is 18.8 Å². The van der Waals surface area contributed by atoms with E-state index in [0.29, 0.717) is 43.1 Å². The molecule has 1 aliphatic heterocycles. The summed E-state index contributed by atoms with van der Waals surface area (Å²) in [6, 6.07) is 1.80. The van der Waals surface area contributed by atoms with Gasteiger partial charge in [-0.25, -0.2) is 0 Å². The molecule has 25 heavy (non-hydrogen) atoms. The summed E-state index contributed by atoms with van der Waals surface area (Å²) in [6.07, 6.45) is 4.08. The summed E-state index contributed by atoms with van der Waals surface area (Å²) in [6.45, 7) is 6.23. The number of carbonyl (C=O) groups is 1. The zero-order chi connectivity index (χ0) is 17.4. The Balaban J connectivity index is 1.48. The summed E-state index contributed by atoms with van der Waals surface area (Å²) >= 11 is 0. The number of rotatable bonds is 6. The third kappa shape index (κ3) is 3.46. The third-order valence-corrected chi connectivity index (χ3v) is 5.03. The number of aryl methyl sites for hydroxylation is 2. The highest BCUT2D eigenvalue weighted by Crippen LogP contribution is 2.34. The highest BCUT2D eigenvalue weighted by Gasteiger charge is 2.40. The van der Waals surface area contributed by atoms with E-state index in [1.165, 1.54) is 12.8 Å². The average molecular weight is 345 g/mol. The molecule has 7 heteroatoms. The van der Waals surface area contributed by atoms with E-state index >= 15 is 0 Å². The lowest BCUT2D eigenvalue weighted by atomic mass is 9.97. The van der Waals surface area contributed by atoms with Gasteiger partial charge < -0.3 is 18.6 Å². The molecule has 0 aromatic carbocycles. The van der Waals surface area contributed by atoms with E-state index in [9.17, 15) is 4.79 Å². The molecule has 0 radical (unpaired) electrons. The Bertz CT molecular complexity index is 749. The fourth-order valence-electron chi connectivity index (χ4n) is 3.36. The molecule has 7 nitrogen and oxygen atoms in total. The Hall–Kier alpha value is -2.15. The Labute approximate surface area is 146 Å². The van der Waals surface area contributed by atoms with Crippen molar-refractivity contribution in [2.75, 3.05) is 26.3 Å². The van der Waals surface area contributed by atoms with Crippen LogP contribution < -0.4 is 0 Å².